The Kier molecular flexibility index (Phi) is 7.46. The fourth-order valence-corrected chi connectivity index (χ4v) is 4.05. The summed E-state index contributed by atoms with van der Waals surface area (Å²) in [5.74, 6) is 1.69. The molecule has 0 saturated heterocycles. The van der Waals surface area contributed by atoms with Gasteiger partial charge in [0.25, 0.3) is 5.56 Å². The quantitative estimate of drug-likeness (QED) is 0.587. The molecule has 0 spiro atoms. The molecule has 0 radical (unpaired) electrons. The molecule has 162 valence electrons. The van der Waals surface area contributed by atoms with Gasteiger partial charge in [-0.05, 0) is 48.0 Å². The van der Waals surface area contributed by atoms with Crippen molar-refractivity contribution in [1.82, 2.24) is 9.55 Å². The third-order valence-corrected chi connectivity index (χ3v) is 5.66. The molecule has 0 saturated carbocycles. The van der Waals surface area contributed by atoms with Gasteiger partial charge in [-0.3, -0.25) is 14.2 Å². The van der Waals surface area contributed by atoms with E-state index in [0.717, 1.165) is 5.56 Å². The maximum absolute atomic E-state index is 12.5. The van der Waals surface area contributed by atoms with Gasteiger partial charge in [0.1, 0.15) is 18.2 Å². The maximum atomic E-state index is 12.5. The largest absolute Gasteiger partial charge is 0.486 e. The Hall–Kier alpha value is -3.13. The number of thioether (sulfide) groups is 1. The highest BCUT2D eigenvalue weighted by atomic mass is 32.2. The molecular weight excluding hydrogens is 414 g/mol. The molecule has 1 amide bonds. The molecule has 4 rings (SSSR count). The van der Waals surface area contributed by atoms with E-state index in [-0.39, 0.29) is 22.7 Å². The zero-order valence-electron chi connectivity index (χ0n) is 18.0. The van der Waals surface area contributed by atoms with E-state index in [1.165, 1.54) is 23.4 Å². The number of methoxy groups -OCH3 is 1. The van der Waals surface area contributed by atoms with Crippen molar-refractivity contribution in [2.24, 2.45) is 12.0 Å². The molecule has 3 aromatic rings. The minimum atomic E-state index is -0.222. The average molecular weight is 440 g/mol. The number of fused-ring (bicyclic) bond motifs is 1. The van der Waals surface area contributed by atoms with E-state index in [1.54, 1.807) is 13.1 Å². The highest BCUT2D eigenvalue weighted by molar-refractivity contribution is 8.15. The standard InChI is InChI=1S/C21H19N3O4S.C2H6/c1-24-18(22-16-6-4-3-5-15(16)20(24)25)12-28-14-9-7-13(8-10-14)11-17-19(27-2)23-21(26)29-17;1-2/h3-10,17H,11-12H2,1-2H3;1-2H3. The van der Waals surface area contributed by atoms with E-state index in [1.807, 2.05) is 56.3 Å². The second kappa shape index (κ2) is 10.3. The van der Waals surface area contributed by atoms with Crippen LogP contribution in [0.3, 0.4) is 0 Å². The molecule has 1 unspecified atom stereocenters. The lowest BCUT2D eigenvalue weighted by Crippen LogP contribution is -2.23. The Bertz CT molecular complexity index is 1160. The van der Waals surface area contributed by atoms with Crippen LogP contribution in [0.2, 0.25) is 0 Å². The molecule has 1 aliphatic rings. The SMILES string of the molecule is CC.COC1=NC(=O)SC1Cc1ccc(OCc2nc3ccccc3c(=O)n2C)cc1. The van der Waals surface area contributed by atoms with Crippen molar-refractivity contribution in [3.8, 4) is 5.75 Å². The Morgan fingerprint density at radius 3 is 2.48 bits per heavy atom. The molecule has 2 heterocycles. The average Bonchev–Trinajstić information content (AvgIpc) is 3.16. The number of nitrogens with zero attached hydrogens (tertiary/aromatic N) is 3. The first-order chi connectivity index (χ1) is 15.0. The minimum Gasteiger partial charge on any atom is -0.486 e. The predicted octanol–water partition coefficient (Wildman–Crippen LogP) is 4.36. The Balaban J connectivity index is 0.00000132. The van der Waals surface area contributed by atoms with Crippen molar-refractivity contribution in [2.75, 3.05) is 7.11 Å². The van der Waals surface area contributed by atoms with Crippen LogP contribution < -0.4 is 10.3 Å². The smallest absolute Gasteiger partial charge is 0.308 e. The summed E-state index contributed by atoms with van der Waals surface area (Å²) >= 11 is 1.17. The van der Waals surface area contributed by atoms with Crippen molar-refractivity contribution in [2.45, 2.75) is 32.1 Å². The fourth-order valence-electron chi connectivity index (χ4n) is 3.14. The summed E-state index contributed by atoms with van der Waals surface area (Å²) in [7, 11) is 3.22. The summed E-state index contributed by atoms with van der Waals surface area (Å²) in [4.78, 5) is 32.3. The fraction of sp³-hybridized carbons (Fsp3) is 0.304. The van der Waals surface area contributed by atoms with Crippen LogP contribution in [0, 0.1) is 0 Å². The predicted molar refractivity (Wildman–Crippen MR) is 124 cm³/mol. The van der Waals surface area contributed by atoms with Crippen molar-refractivity contribution >= 4 is 33.8 Å². The Labute approximate surface area is 185 Å². The molecule has 0 N–H and O–H groups in total. The first-order valence-corrected chi connectivity index (χ1v) is 10.9. The third-order valence-electron chi connectivity index (χ3n) is 4.72. The Morgan fingerprint density at radius 2 is 1.77 bits per heavy atom. The van der Waals surface area contributed by atoms with Gasteiger partial charge < -0.3 is 9.47 Å². The van der Waals surface area contributed by atoms with Crippen LogP contribution in [0.1, 0.15) is 25.2 Å². The maximum Gasteiger partial charge on any atom is 0.308 e. The molecule has 7 nitrogen and oxygen atoms in total. The first kappa shape index (κ1) is 22.6. The van der Waals surface area contributed by atoms with E-state index < -0.39 is 0 Å². The van der Waals surface area contributed by atoms with Crippen molar-refractivity contribution < 1.29 is 14.3 Å². The van der Waals surface area contributed by atoms with Gasteiger partial charge in [0.2, 0.25) is 5.90 Å². The van der Waals surface area contributed by atoms with Gasteiger partial charge in [-0.15, -0.1) is 0 Å². The van der Waals surface area contributed by atoms with Crippen LogP contribution >= 0.6 is 11.8 Å². The number of hydrogen-bond donors (Lipinski definition) is 0. The second-order valence-corrected chi connectivity index (χ2v) is 7.73. The highest BCUT2D eigenvalue weighted by Crippen LogP contribution is 2.27. The number of ether oxygens (including phenoxy) is 2. The van der Waals surface area contributed by atoms with E-state index in [0.29, 0.717) is 34.8 Å². The van der Waals surface area contributed by atoms with Crippen LogP contribution in [0.5, 0.6) is 5.75 Å². The molecule has 1 aliphatic heterocycles. The first-order valence-electron chi connectivity index (χ1n) is 10.0. The van der Waals surface area contributed by atoms with Gasteiger partial charge >= 0.3 is 5.24 Å². The molecule has 0 fully saturated rings. The number of rotatable bonds is 5. The third kappa shape index (κ3) is 5.14. The molecule has 1 atom stereocenters. The van der Waals surface area contributed by atoms with Crippen LogP contribution in [0.15, 0.2) is 58.3 Å². The van der Waals surface area contributed by atoms with Crippen LogP contribution in [-0.4, -0.2) is 33.0 Å². The molecule has 31 heavy (non-hydrogen) atoms. The van der Waals surface area contributed by atoms with Gasteiger partial charge in [-0.1, -0.05) is 38.1 Å². The summed E-state index contributed by atoms with van der Waals surface area (Å²) in [5.41, 5.74) is 1.61. The van der Waals surface area contributed by atoms with Crippen LogP contribution in [0.25, 0.3) is 10.9 Å². The number of benzene rings is 2. The summed E-state index contributed by atoms with van der Waals surface area (Å²) in [6.45, 7) is 4.18. The molecule has 0 bridgehead atoms. The number of amides is 1. The summed E-state index contributed by atoms with van der Waals surface area (Å²) < 4.78 is 12.5. The number of hydrogen-bond acceptors (Lipinski definition) is 6. The molecule has 1 aromatic heterocycles. The highest BCUT2D eigenvalue weighted by Gasteiger charge is 2.29. The summed E-state index contributed by atoms with van der Waals surface area (Å²) in [5, 5.41) is 0.265. The lowest BCUT2D eigenvalue weighted by atomic mass is 10.1. The van der Waals surface area contributed by atoms with Crippen LogP contribution in [-0.2, 0) is 24.8 Å². The number of aliphatic imine (C=N–C) groups is 1. The number of para-hydroxylation sites is 1. The lowest BCUT2D eigenvalue weighted by molar-refractivity contribution is 0.267. The van der Waals surface area contributed by atoms with Gasteiger partial charge in [-0.2, -0.15) is 4.99 Å². The molecule has 2 aromatic carbocycles. The Morgan fingerprint density at radius 1 is 1.06 bits per heavy atom. The van der Waals surface area contributed by atoms with E-state index in [9.17, 15) is 9.59 Å². The minimum absolute atomic E-state index is 0.0937. The summed E-state index contributed by atoms with van der Waals surface area (Å²) in [6, 6.07) is 14.9. The lowest BCUT2D eigenvalue weighted by Gasteiger charge is -2.12. The normalized spacial score (nSPS) is 15.3. The van der Waals surface area contributed by atoms with Crippen LogP contribution in [0.4, 0.5) is 4.79 Å². The zero-order valence-corrected chi connectivity index (χ0v) is 18.8. The van der Waals surface area contributed by atoms with Gasteiger partial charge in [0.05, 0.1) is 23.3 Å². The number of carbonyl (C=O) groups is 1. The van der Waals surface area contributed by atoms with E-state index in [4.69, 9.17) is 9.47 Å². The molecular formula is C23H25N3O4S. The monoisotopic (exact) mass is 439 g/mol. The van der Waals surface area contributed by atoms with Crippen molar-refractivity contribution in [3.63, 3.8) is 0 Å². The number of aromatic nitrogens is 2. The van der Waals surface area contributed by atoms with E-state index >= 15 is 0 Å². The van der Waals surface area contributed by atoms with Gasteiger partial charge in [0.15, 0.2) is 0 Å². The molecule has 8 heteroatoms. The zero-order chi connectivity index (χ0) is 22.4. The number of carbonyl (C=O) groups excluding carboxylic acids is 1. The topological polar surface area (TPSA) is 82.8 Å². The second-order valence-electron chi connectivity index (χ2n) is 6.57. The van der Waals surface area contributed by atoms with Crippen molar-refractivity contribution in [3.05, 3.63) is 70.3 Å². The van der Waals surface area contributed by atoms with E-state index in [2.05, 4.69) is 9.98 Å². The van der Waals surface area contributed by atoms with Gasteiger partial charge in [-0.25, -0.2) is 4.98 Å². The van der Waals surface area contributed by atoms with Gasteiger partial charge in [0, 0.05) is 7.05 Å². The van der Waals surface area contributed by atoms with Crippen molar-refractivity contribution in [1.29, 1.82) is 0 Å². The molecule has 0 aliphatic carbocycles. The summed E-state index contributed by atoms with van der Waals surface area (Å²) in [6.07, 6.45) is 0.643.